The fourth-order valence-corrected chi connectivity index (χ4v) is 2.16. The van der Waals surface area contributed by atoms with Crippen molar-refractivity contribution in [3.63, 3.8) is 0 Å². The van der Waals surface area contributed by atoms with Crippen molar-refractivity contribution < 1.29 is 4.79 Å². The topological polar surface area (TPSA) is 20.3 Å². The second kappa shape index (κ2) is 4.73. The number of rotatable bonds is 3. The van der Waals surface area contributed by atoms with Crippen LogP contribution in [0.3, 0.4) is 0 Å². The van der Waals surface area contributed by atoms with E-state index in [0.717, 1.165) is 5.88 Å². The Morgan fingerprint density at radius 3 is 2.73 bits per heavy atom. The Balaban J connectivity index is 2.01. The SMILES string of the molecule is O=C(CN1C=CSC1)c1ccc(Cl)cc1. The zero-order valence-electron chi connectivity index (χ0n) is 8.02. The minimum atomic E-state index is 0.124. The van der Waals surface area contributed by atoms with Gasteiger partial charge in [-0.1, -0.05) is 11.6 Å². The van der Waals surface area contributed by atoms with Gasteiger partial charge in [-0.15, -0.1) is 11.8 Å². The van der Waals surface area contributed by atoms with Crippen LogP contribution in [-0.4, -0.2) is 23.1 Å². The molecule has 0 atom stereocenters. The molecule has 0 fully saturated rings. The molecule has 2 rings (SSSR count). The largest absolute Gasteiger partial charge is 0.360 e. The highest BCUT2D eigenvalue weighted by Gasteiger charge is 2.11. The van der Waals surface area contributed by atoms with Gasteiger partial charge in [0.1, 0.15) is 0 Å². The summed E-state index contributed by atoms with van der Waals surface area (Å²) in [5, 5.41) is 2.65. The number of hydrogen-bond donors (Lipinski definition) is 0. The third-order valence-corrected chi connectivity index (χ3v) is 3.17. The molecular formula is C11H10ClNOS. The Labute approximate surface area is 97.9 Å². The van der Waals surface area contributed by atoms with Gasteiger partial charge in [0, 0.05) is 16.8 Å². The molecule has 15 heavy (non-hydrogen) atoms. The van der Waals surface area contributed by atoms with Crippen molar-refractivity contribution in [2.24, 2.45) is 0 Å². The quantitative estimate of drug-likeness (QED) is 0.757. The average Bonchev–Trinajstić information content (AvgIpc) is 2.71. The molecule has 0 saturated heterocycles. The second-order valence-corrected chi connectivity index (χ2v) is 4.56. The first-order valence-electron chi connectivity index (χ1n) is 4.57. The highest BCUT2D eigenvalue weighted by atomic mass is 35.5. The molecule has 0 saturated carbocycles. The molecule has 1 aromatic carbocycles. The molecule has 0 spiro atoms. The summed E-state index contributed by atoms with van der Waals surface area (Å²) >= 11 is 7.44. The van der Waals surface area contributed by atoms with Crippen molar-refractivity contribution in [3.8, 4) is 0 Å². The van der Waals surface area contributed by atoms with Crippen LogP contribution in [0.15, 0.2) is 35.9 Å². The Morgan fingerprint density at radius 2 is 2.13 bits per heavy atom. The molecule has 0 aromatic heterocycles. The first kappa shape index (κ1) is 10.6. The number of carbonyl (C=O) groups excluding carboxylic acids is 1. The van der Waals surface area contributed by atoms with Gasteiger partial charge in [0.05, 0.1) is 12.4 Å². The van der Waals surface area contributed by atoms with E-state index >= 15 is 0 Å². The molecule has 0 N–H and O–H groups in total. The Bertz CT molecular complexity index is 388. The number of hydrogen-bond acceptors (Lipinski definition) is 3. The lowest BCUT2D eigenvalue weighted by atomic mass is 10.1. The van der Waals surface area contributed by atoms with Crippen LogP contribution in [0, 0.1) is 0 Å². The van der Waals surface area contributed by atoms with E-state index in [2.05, 4.69) is 0 Å². The summed E-state index contributed by atoms with van der Waals surface area (Å²) in [4.78, 5) is 13.8. The summed E-state index contributed by atoms with van der Waals surface area (Å²) in [7, 11) is 0. The Morgan fingerprint density at radius 1 is 1.40 bits per heavy atom. The number of ketones is 1. The van der Waals surface area contributed by atoms with Crippen molar-refractivity contribution >= 4 is 29.1 Å². The Kier molecular flexibility index (Phi) is 3.34. The van der Waals surface area contributed by atoms with Gasteiger partial charge in [-0.3, -0.25) is 4.79 Å². The van der Waals surface area contributed by atoms with Crippen LogP contribution in [-0.2, 0) is 0 Å². The highest BCUT2D eigenvalue weighted by Crippen LogP contribution is 2.16. The third kappa shape index (κ3) is 2.76. The molecule has 2 nitrogen and oxygen atoms in total. The monoisotopic (exact) mass is 239 g/mol. The van der Waals surface area contributed by atoms with Crippen LogP contribution in [0.1, 0.15) is 10.4 Å². The molecule has 0 unspecified atom stereocenters. The minimum absolute atomic E-state index is 0.124. The summed E-state index contributed by atoms with van der Waals surface area (Å²) < 4.78 is 0. The van der Waals surface area contributed by atoms with Crippen molar-refractivity contribution in [3.05, 3.63) is 46.5 Å². The molecule has 0 aliphatic carbocycles. The van der Waals surface area contributed by atoms with Gasteiger partial charge in [0.25, 0.3) is 0 Å². The van der Waals surface area contributed by atoms with Gasteiger partial charge in [-0.05, 0) is 29.7 Å². The second-order valence-electron chi connectivity index (χ2n) is 3.26. The van der Waals surface area contributed by atoms with E-state index in [1.807, 2.05) is 16.5 Å². The maximum absolute atomic E-state index is 11.8. The van der Waals surface area contributed by atoms with E-state index < -0.39 is 0 Å². The highest BCUT2D eigenvalue weighted by molar-refractivity contribution is 8.02. The summed E-state index contributed by atoms with van der Waals surface area (Å²) in [6, 6.07) is 7.00. The molecule has 0 bridgehead atoms. The molecule has 0 radical (unpaired) electrons. The smallest absolute Gasteiger partial charge is 0.182 e. The molecule has 1 heterocycles. The maximum atomic E-state index is 11.8. The molecule has 1 aromatic rings. The normalized spacial score (nSPS) is 14.6. The molecule has 4 heteroatoms. The summed E-state index contributed by atoms with van der Waals surface area (Å²) in [5.41, 5.74) is 0.713. The lowest BCUT2D eigenvalue weighted by Gasteiger charge is -2.12. The number of carbonyl (C=O) groups is 1. The van der Waals surface area contributed by atoms with Crippen LogP contribution in [0.4, 0.5) is 0 Å². The van der Waals surface area contributed by atoms with Crippen LogP contribution in [0.25, 0.3) is 0 Å². The van der Waals surface area contributed by atoms with Crippen LogP contribution in [0.2, 0.25) is 5.02 Å². The molecule has 1 aliphatic rings. The first-order chi connectivity index (χ1) is 7.25. The van der Waals surface area contributed by atoms with Crippen molar-refractivity contribution in [2.75, 3.05) is 12.4 Å². The van der Waals surface area contributed by atoms with Crippen LogP contribution < -0.4 is 0 Å². The Hall–Kier alpha value is -0.930. The van der Waals surface area contributed by atoms with E-state index in [4.69, 9.17) is 11.6 Å². The van der Waals surface area contributed by atoms with Crippen LogP contribution >= 0.6 is 23.4 Å². The summed E-state index contributed by atoms with van der Waals surface area (Å²) in [5.74, 6) is 0.984. The zero-order chi connectivity index (χ0) is 10.7. The fourth-order valence-electron chi connectivity index (χ4n) is 1.32. The van der Waals surface area contributed by atoms with Gasteiger partial charge in [-0.25, -0.2) is 0 Å². The third-order valence-electron chi connectivity index (χ3n) is 2.12. The van der Waals surface area contributed by atoms with Crippen molar-refractivity contribution in [2.45, 2.75) is 0 Å². The van der Waals surface area contributed by atoms with E-state index in [1.54, 1.807) is 36.0 Å². The predicted molar refractivity (Wildman–Crippen MR) is 64.1 cm³/mol. The van der Waals surface area contributed by atoms with E-state index in [0.29, 0.717) is 17.1 Å². The number of nitrogens with zero attached hydrogens (tertiary/aromatic N) is 1. The first-order valence-corrected chi connectivity index (χ1v) is 5.99. The summed E-state index contributed by atoms with van der Waals surface area (Å²) in [6.07, 6.45) is 1.94. The van der Waals surface area contributed by atoms with Gasteiger partial charge in [-0.2, -0.15) is 0 Å². The van der Waals surface area contributed by atoms with Crippen LogP contribution in [0.5, 0.6) is 0 Å². The van der Waals surface area contributed by atoms with Crippen molar-refractivity contribution in [1.82, 2.24) is 4.90 Å². The molecular weight excluding hydrogens is 230 g/mol. The molecule has 0 amide bonds. The lowest BCUT2D eigenvalue weighted by Crippen LogP contribution is -2.22. The number of benzene rings is 1. The number of Topliss-reactive ketones (excluding diaryl/α,β-unsaturated/α-hetero) is 1. The number of halogens is 1. The fraction of sp³-hybridized carbons (Fsp3) is 0.182. The average molecular weight is 240 g/mol. The standard InChI is InChI=1S/C11H10ClNOS/c12-10-3-1-9(2-4-10)11(14)7-13-5-6-15-8-13/h1-6H,7-8H2. The van der Waals surface area contributed by atoms with Gasteiger partial charge in [0.2, 0.25) is 0 Å². The molecule has 1 aliphatic heterocycles. The molecule has 78 valence electrons. The lowest BCUT2D eigenvalue weighted by molar-refractivity contribution is 0.0963. The van der Waals surface area contributed by atoms with Crippen molar-refractivity contribution in [1.29, 1.82) is 0 Å². The predicted octanol–water partition coefficient (Wildman–Crippen LogP) is 3.00. The number of thioether (sulfide) groups is 1. The van der Waals surface area contributed by atoms with E-state index in [-0.39, 0.29) is 5.78 Å². The zero-order valence-corrected chi connectivity index (χ0v) is 9.59. The minimum Gasteiger partial charge on any atom is -0.360 e. The van der Waals surface area contributed by atoms with Gasteiger partial charge >= 0.3 is 0 Å². The van der Waals surface area contributed by atoms with E-state index in [9.17, 15) is 4.79 Å². The summed E-state index contributed by atoms with van der Waals surface area (Å²) in [6.45, 7) is 0.436. The maximum Gasteiger partial charge on any atom is 0.182 e. The van der Waals surface area contributed by atoms with Gasteiger partial charge in [0.15, 0.2) is 5.78 Å². The van der Waals surface area contributed by atoms with Gasteiger partial charge < -0.3 is 4.90 Å². The van der Waals surface area contributed by atoms with E-state index in [1.165, 1.54) is 0 Å².